The fourth-order valence-electron chi connectivity index (χ4n) is 1.41. The Kier molecular flexibility index (Phi) is 5.85. The molecule has 0 aliphatic heterocycles. The predicted molar refractivity (Wildman–Crippen MR) is 67.9 cm³/mol. The fraction of sp³-hybridized carbons (Fsp3) is 0. The normalized spacial score (nSPS) is 8.89. The number of aromatic amines is 1. The van der Waals surface area contributed by atoms with Gasteiger partial charge in [-0.1, -0.05) is 11.6 Å². The van der Waals surface area contributed by atoms with Crippen molar-refractivity contribution in [3.63, 3.8) is 0 Å². The van der Waals surface area contributed by atoms with E-state index in [1.807, 2.05) is 54.6 Å². The first-order chi connectivity index (χ1) is 8.36. The molecule has 18 heavy (non-hydrogen) atoms. The summed E-state index contributed by atoms with van der Waals surface area (Å²) in [5.74, 6) is 0. The summed E-state index contributed by atoms with van der Waals surface area (Å²) in [6.45, 7) is 0. The van der Waals surface area contributed by atoms with Gasteiger partial charge in [-0.15, -0.1) is 12.1 Å². The van der Waals surface area contributed by atoms with E-state index in [1.54, 1.807) is 6.07 Å². The van der Waals surface area contributed by atoms with Crippen molar-refractivity contribution in [1.82, 2.24) is 9.97 Å². The molecule has 0 aliphatic carbocycles. The van der Waals surface area contributed by atoms with Crippen LogP contribution in [0.5, 0.6) is 0 Å². The molecule has 0 atom stereocenters. The van der Waals surface area contributed by atoms with Crippen molar-refractivity contribution in [2.24, 2.45) is 0 Å². The van der Waals surface area contributed by atoms with E-state index in [0.717, 1.165) is 11.3 Å². The van der Waals surface area contributed by atoms with Crippen molar-refractivity contribution < 1.29 is 17.1 Å². The minimum absolute atomic E-state index is 0. The van der Waals surface area contributed by atoms with Crippen molar-refractivity contribution in [2.75, 3.05) is 0 Å². The number of nitrogens with zero attached hydrogens (tertiary/aromatic N) is 1. The second kappa shape index (κ2) is 7.43. The maximum absolute atomic E-state index is 10.8. The Labute approximate surface area is 116 Å². The number of H-pyrrole nitrogens is 1. The number of aromatic nitrogens is 2. The predicted octanol–water partition coefficient (Wildman–Crippen LogP) is 2.56. The molecule has 0 radical (unpaired) electrons. The van der Waals surface area contributed by atoms with E-state index in [1.165, 1.54) is 6.20 Å². The van der Waals surface area contributed by atoms with E-state index in [2.05, 4.69) is 9.97 Å². The molecule has 3 rings (SSSR count). The molecule has 92 valence electrons. The molecule has 1 aromatic heterocycles. The topological polar surface area (TPSA) is 45.8 Å². The third kappa shape index (κ3) is 4.17. The van der Waals surface area contributed by atoms with Gasteiger partial charge in [-0.2, -0.15) is 30.3 Å². The van der Waals surface area contributed by atoms with E-state index in [9.17, 15) is 4.79 Å². The van der Waals surface area contributed by atoms with Crippen molar-refractivity contribution in [3.8, 4) is 11.3 Å². The van der Waals surface area contributed by atoms with Gasteiger partial charge >= 0.3 is 22.8 Å². The quantitative estimate of drug-likeness (QED) is 0.550. The monoisotopic (exact) mass is 280 g/mol. The SMILES string of the molecule is O=c1nccc(-[c-]2cccc2)[nH]1.[Fe+2].c1cc[cH-]c1. The summed E-state index contributed by atoms with van der Waals surface area (Å²) >= 11 is 0. The van der Waals surface area contributed by atoms with Gasteiger partial charge in [0.1, 0.15) is 0 Å². The molecule has 1 N–H and O–H groups in total. The average molecular weight is 280 g/mol. The molecule has 0 saturated heterocycles. The molecule has 0 bridgehead atoms. The Balaban J connectivity index is 0.000000230. The summed E-state index contributed by atoms with van der Waals surface area (Å²) < 4.78 is 0. The zero-order chi connectivity index (χ0) is 11.9. The second-order valence-corrected chi connectivity index (χ2v) is 3.42. The molecule has 0 aliphatic rings. The summed E-state index contributed by atoms with van der Waals surface area (Å²) in [5.41, 5.74) is 1.50. The second-order valence-electron chi connectivity index (χ2n) is 3.42. The molecule has 3 nitrogen and oxygen atoms in total. The molecule has 0 saturated carbocycles. The van der Waals surface area contributed by atoms with Crippen LogP contribution in [0.2, 0.25) is 0 Å². The molecule has 1 heterocycles. The molecule has 3 aromatic rings. The van der Waals surface area contributed by atoms with E-state index >= 15 is 0 Å². The first-order valence-electron chi connectivity index (χ1n) is 5.30. The van der Waals surface area contributed by atoms with Crippen LogP contribution in [0.15, 0.2) is 71.7 Å². The van der Waals surface area contributed by atoms with Crippen molar-refractivity contribution >= 4 is 0 Å². The van der Waals surface area contributed by atoms with E-state index in [0.29, 0.717) is 0 Å². The minimum atomic E-state index is -0.311. The molecule has 0 spiro atoms. The van der Waals surface area contributed by atoms with Gasteiger partial charge in [-0.05, 0) is 11.9 Å². The maximum Gasteiger partial charge on any atom is 2.00 e. The minimum Gasteiger partial charge on any atom is -0.323 e. The van der Waals surface area contributed by atoms with E-state index < -0.39 is 0 Å². The third-order valence-corrected chi connectivity index (χ3v) is 2.20. The van der Waals surface area contributed by atoms with Crippen LogP contribution in [-0.4, -0.2) is 9.97 Å². The standard InChI is InChI=1S/C9H7N2O.C5H5.Fe/c12-9-10-6-5-8(11-9)7-3-1-2-4-7;1-2-4-5-3-1;/h1-6H,(H,10,11,12);1-5H;/q2*-1;+2. The Hall–Kier alpha value is -1.90. The van der Waals surface area contributed by atoms with Gasteiger partial charge in [-0.3, -0.25) is 0 Å². The summed E-state index contributed by atoms with van der Waals surface area (Å²) in [5, 5.41) is 0. The number of rotatable bonds is 1. The van der Waals surface area contributed by atoms with Crippen molar-refractivity contribution in [2.45, 2.75) is 0 Å². The Bertz CT molecular complexity index is 565. The van der Waals surface area contributed by atoms with Crippen LogP contribution in [0.25, 0.3) is 11.3 Å². The van der Waals surface area contributed by atoms with Gasteiger partial charge in [0.15, 0.2) is 0 Å². The fourth-order valence-corrected chi connectivity index (χ4v) is 1.41. The zero-order valence-corrected chi connectivity index (χ0v) is 10.7. The molecule has 2 aromatic carbocycles. The van der Waals surface area contributed by atoms with Gasteiger partial charge in [0, 0.05) is 0 Å². The summed E-state index contributed by atoms with van der Waals surface area (Å²) in [7, 11) is 0. The van der Waals surface area contributed by atoms with Gasteiger partial charge < -0.3 is 4.98 Å². The van der Waals surface area contributed by atoms with E-state index in [-0.39, 0.29) is 22.8 Å². The molecule has 4 heteroatoms. The van der Waals surface area contributed by atoms with Crippen LogP contribution in [0, 0.1) is 0 Å². The van der Waals surface area contributed by atoms with Crippen molar-refractivity contribution in [3.05, 3.63) is 77.3 Å². The zero-order valence-electron chi connectivity index (χ0n) is 9.56. The maximum atomic E-state index is 10.8. The van der Waals surface area contributed by atoms with Crippen LogP contribution < -0.4 is 5.69 Å². The number of hydrogen-bond acceptors (Lipinski definition) is 2. The van der Waals surface area contributed by atoms with Gasteiger partial charge in [0.25, 0.3) is 0 Å². The summed E-state index contributed by atoms with van der Waals surface area (Å²) in [4.78, 5) is 17.0. The molecular formula is C14H12FeN2O. The summed E-state index contributed by atoms with van der Waals surface area (Å²) in [6, 6.07) is 19.5. The Morgan fingerprint density at radius 1 is 1.11 bits per heavy atom. The molecular weight excluding hydrogens is 268 g/mol. The molecule has 0 fully saturated rings. The van der Waals surface area contributed by atoms with Crippen LogP contribution in [0.1, 0.15) is 0 Å². The first kappa shape index (κ1) is 14.2. The van der Waals surface area contributed by atoms with Crippen molar-refractivity contribution in [1.29, 1.82) is 0 Å². The number of hydrogen-bond donors (Lipinski definition) is 1. The Morgan fingerprint density at radius 2 is 1.78 bits per heavy atom. The van der Waals surface area contributed by atoms with Crippen LogP contribution in [0.3, 0.4) is 0 Å². The van der Waals surface area contributed by atoms with E-state index in [4.69, 9.17) is 0 Å². The van der Waals surface area contributed by atoms with Gasteiger partial charge in [-0.25, -0.2) is 21.9 Å². The van der Waals surface area contributed by atoms with Crippen LogP contribution >= 0.6 is 0 Å². The average Bonchev–Trinajstić information content (AvgIpc) is 3.06. The Morgan fingerprint density at radius 3 is 2.28 bits per heavy atom. The van der Waals surface area contributed by atoms with Crippen LogP contribution in [0.4, 0.5) is 0 Å². The largest absolute Gasteiger partial charge is 2.00 e. The smallest absolute Gasteiger partial charge is 0.323 e. The number of nitrogens with one attached hydrogen (secondary N) is 1. The van der Waals surface area contributed by atoms with Crippen LogP contribution in [-0.2, 0) is 17.1 Å². The van der Waals surface area contributed by atoms with Gasteiger partial charge in [0.05, 0.1) is 0 Å². The first-order valence-corrected chi connectivity index (χ1v) is 5.30. The van der Waals surface area contributed by atoms with Gasteiger partial charge in [0.2, 0.25) is 0 Å². The summed E-state index contributed by atoms with van der Waals surface area (Å²) in [6.07, 6.45) is 1.50. The molecule has 0 unspecified atom stereocenters. The third-order valence-electron chi connectivity index (χ3n) is 2.20. The molecule has 0 amide bonds.